The van der Waals surface area contributed by atoms with Crippen LogP contribution in [0.3, 0.4) is 0 Å². The lowest BCUT2D eigenvalue weighted by Crippen LogP contribution is -2.51. The molecule has 0 radical (unpaired) electrons. The Hall–Kier alpha value is -2.77. The van der Waals surface area contributed by atoms with Gasteiger partial charge in [-0.15, -0.1) is 0 Å². The third kappa shape index (κ3) is 9.90. The summed E-state index contributed by atoms with van der Waals surface area (Å²) in [5, 5.41) is 9.15. The SMILES string of the molecule is CCOC(=O)N(CCCCC(F)(F)C(F)(F)C(F)(F)F)CCOc1ccc(CC(OCC)C(=O)O)cc1. The van der Waals surface area contributed by atoms with Gasteiger partial charge in [-0.2, -0.15) is 30.7 Å². The van der Waals surface area contributed by atoms with Gasteiger partial charge in [0.25, 0.3) is 0 Å². The van der Waals surface area contributed by atoms with Crippen molar-refractivity contribution >= 4 is 12.1 Å². The summed E-state index contributed by atoms with van der Waals surface area (Å²) >= 11 is 0. The number of halogens is 7. The number of unbranched alkanes of at least 4 members (excludes halogenated alkanes) is 1. The molecule has 1 unspecified atom stereocenters. The van der Waals surface area contributed by atoms with E-state index in [4.69, 9.17) is 19.3 Å². The normalized spacial score (nSPS) is 13.2. The minimum atomic E-state index is -6.38. The molecule has 1 atom stereocenters. The van der Waals surface area contributed by atoms with E-state index in [1.807, 2.05) is 0 Å². The van der Waals surface area contributed by atoms with Crippen LogP contribution in [0.5, 0.6) is 5.75 Å². The van der Waals surface area contributed by atoms with Crippen molar-refractivity contribution in [2.24, 2.45) is 0 Å². The Balaban J connectivity index is 2.62. The molecule has 37 heavy (non-hydrogen) atoms. The number of hydrogen-bond acceptors (Lipinski definition) is 5. The summed E-state index contributed by atoms with van der Waals surface area (Å²) in [5.41, 5.74) is 0.675. The molecule has 0 bridgehead atoms. The minimum absolute atomic E-state index is 0.00733. The number of carboxylic acids is 1. The smallest absolute Gasteiger partial charge is 0.459 e. The highest BCUT2D eigenvalue weighted by Crippen LogP contribution is 2.48. The lowest BCUT2D eigenvalue weighted by Gasteiger charge is -2.28. The van der Waals surface area contributed by atoms with Gasteiger partial charge < -0.3 is 24.2 Å². The predicted molar refractivity (Wildman–Crippen MR) is 117 cm³/mol. The monoisotopic (exact) mass is 549 g/mol. The summed E-state index contributed by atoms with van der Waals surface area (Å²) in [6.07, 6.45) is -10.8. The zero-order chi connectivity index (χ0) is 28.3. The van der Waals surface area contributed by atoms with Gasteiger partial charge in [-0.3, -0.25) is 0 Å². The second-order valence-electron chi connectivity index (χ2n) is 7.90. The number of rotatable bonds is 16. The fourth-order valence-electron chi connectivity index (χ4n) is 3.15. The van der Waals surface area contributed by atoms with Gasteiger partial charge in [-0.05, 0) is 44.4 Å². The van der Waals surface area contributed by atoms with Gasteiger partial charge in [0.15, 0.2) is 6.10 Å². The zero-order valence-corrected chi connectivity index (χ0v) is 20.3. The maximum Gasteiger partial charge on any atom is 0.459 e. The predicted octanol–water partition coefficient (Wildman–Crippen LogP) is 5.56. The molecule has 1 aromatic carbocycles. The number of carbonyl (C=O) groups excluding carboxylic acids is 1. The molecule has 212 valence electrons. The summed E-state index contributed by atoms with van der Waals surface area (Å²) in [6.45, 7) is 3.04. The van der Waals surface area contributed by atoms with Crippen molar-refractivity contribution in [3.8, 4) is 5.75 Å². The zero-order valence-electron chi connectivity index (χ0n) is 20.3. The Labute approximate surface area is 209 Å². The molecule has 7 nitrogen and oxygen atoms in total. The number of hydrogen-bond donors (Lipinski definition) is 1. The Morgan fingerprint density at radius 3 is 2.08 bits per heavy atom. The first-order chi connectivity index (χ1) is 17.2. The highest BCUT2D eigenvalue weighted by atomic mass is 19.4. The lowest BCUT2D eigenvalue weighted by molar-refractivity contribution is -0.355. The Kier molecular flexibility index (Phi) is 12.4. The van der Waals surface area contributed by atoms with E-state index in [0.29, 0.717) is 11.3 Å². The van der Waals surface area contributed by atoms with Crippen LogP contribution < -0.4 is 4.74 Å². The molecule has 1 aromatic rings. The van der Waals surface area contributed by atoms with Crippen LogP contribution in [0, 0.1) is 0 Å². The van der Waals surface area contributed by atoms with Crippen molar-refractivity contribution < 1.29 is 59.6 Å². The van der Waals surface area contributed by atoms with E-state index >= 15 is 0 Å². The first-order valence-electron chi connectivity index (χ1n) is 11.5. The van der Waals surface area contributed by atoms with Crippen LogP contribution in [0.2, 0.25) is 0 Å². The van der Waals surface area contributed by atoms with E-state index in [0.717, 1.165) is 4.90 Å². The summed E-state index contributed by atoms with van der Waals surface area (Å²) in [6, 6.07) is 6.39. The van der Waals surface area contributed by atoms with E-state index in [2.05, 4.69) is 0 Å². The molecule has 0 aliphatic carbocycles. The number of alkyl halides is 7. The minimum Gasteiger partial charge on any atom is -0.492 e. The molecule has 0 saturated heterocycles. The number of nitrogens with zero attached hydrogens (tertiary/aromatic N) is 1. The lowest BCUT2D eigenvalue weighted by atomic mass is 10.0. The highest BCUT2D eigenvalue weighted by molar-refractivity contribution is 5.72. The van der Waals surface area contributed by atoms with Gasteiger partial charge in [0.1, 0.15) is 12.4 Å². The maximum absolute atomic E-state index is 13.4. The number of amides is 1. The van der Waals surface area contributed by atoms with Crippen LogP contribution in [0.25, 0.3) is 0 Å². The molecule has 14 heteroatoms. The van der Waals surface area contributed by atoms with Crippen molar-refractivity contribution in [1.82, 2.24) is 4.90 Å². The summed E-state index contributed by atoms with van der Waals surface area (Å²) in [7, 11) is 0. The molecule has 0 saturated carbocycles. The van der Waals surface area contributed by atoms with Crippen molar-refractivity contribution in [1.29, 1.82) is 0 Å². The van der Waals surface area contributed by atoms with Crippen LogP contribution in [0.15, 0.2) is 24.3 Å². The van der Waals surface area contributed by atoms with E-state index in [1.165, 1.54) is 6.92 Å². The quantitative estimate of drug-likeness (QED) is 0.215. The summed E-state index contributed by atoms with van der Waals surface area (Å²) in [5.74, 6) is -12.2. The van der Waals surface area contributed by atoms with Crippen LogP contribution >= 0.6 is 0 Å². The van der Waals surface area contributed by atoms with Crippen LogP contribution in [0.1, 0.15) is 38.7 Å². The molecule has 1 N–H and O–H groups in total. The van der Waals surface area contributed by atoms with Gasteiger partial charge in [-0.25, -0.2) is 9.59 Å². The molecule has 0 spiro atoms. The first-order valence-corrected chi connectivity index (χ1v) is 11.5. The number of ether oxygens (including phenoxy) is 3. The Morgan fingerprint density at radius 1 is 0.946 bits per heavy atom. The van der Waals surface area contributed by atoms with Crippen LogP contribution in [-0.4, -0.2) is 79.1 Å². The summed E-state index contributed by atoms with van der Waals surface area (Å²) < 4.78 is 105. The third-order valence-electron chi connectivity index (χ3n) is 5.13. The Bertz CT molecular complexity index is 849. The van der Waals surface area contributed by atoms with Crippen molar-refractivity contribution in [2.45, 2.75) is 63.7 Å². The van der Waals surface area contributed by atoms with E-state index in [9.17, 15) is 40.3 Å². The van der Waals surface area contributed by atoms with Gasteiger partial charge in [0.2, 0.25) is 0 Å². The van der Waals surface area contributed by atoms with Crippen LogP contribution in [-0.2, 0) is 20.7 Å². The molecule has 1 amide bonds. The molecule has 0 aliphatic rings. The largest absolute Gasteiger partial charge is 0.492 e. The van der Waals surface area contributed by atoms with E-state index in [-0.39, 0.29) is 45.8 Å². The second kappa shape index (κ2) is 14.2. The van der Waals surface area contributed by atoms with Crippen molar-refractivity contribution in [3.63, 3.8) is 0 Å². The number of aliphatic carboxylic acids is 1. The van der Waals surface area contributed by atoms with Gasteiger partial charge in [0.05, 0.1) is 13.2 Å². The molecule has 0 aliphatic heterocycles. The Morgan fingerprint density at radius 2 is 1.57 bits per heavy atom. The third-order valence-corrected chi connectivity index (χ3v) is 5.13. The van der Waals surface area contributed by atoms with Crippen molar-refractivity contribution in [3.05, 3.63) is 29.8 Å². The fraction of sp³-hybridized carbons (Fsp3) is 0.652. The topological polar surface area (TPSA) is 85.3 Å². The molecule has 0 heterocycles. The van der Waals surface area contributed by atoms with Gasteiger partial charge >= 0.3 is 30.1 Å². The number of benzene rings is 1. The molecular weight excluding hydrogens is 519 g/mol. The number of carbonyl (C=O) groups is 2. The average Bonchev–Trinajstić information content (AvgIpc) is 2.80. The first kappa shape index (κ1) is 32.3. The average molecular weight is 549 g/mol. The highest BCUT2D eigenvalue weighted by Gasteiger charge is 2.72. The van der Waals surface area contributed by atoms with E-state index < -0.39 is 49.0 Å². The number of carboxylic acid groups (broad SMARTS) is 1. The maximum atomic E-state index is 13.4. The second-order valence-corrected chi connectivity index (χ2v) is 7.90. The van der Waals surface area contributed by atoms with Crippen molar-refractivity contribution in [2.75, 3.05) is 32.9 Å². The van der Waals surface area contributed by atoms with Gasteiger partial charge in [0, 0.05) is 26.0 Å². The van der Waals surface area contributed by atoms with E-state index in [1.54, 1.807) is 31.2 Å². The summed E-state index contributed by atoms with van der Waals surface area (Å²) in [4.78, 5) is 24.3. The standard InChI is InChI=1S/C23H30F7NO6/c1-3-35-18(19(32)33)15-16-7-9-17(10-8-16)37-14-13-31(20(34)36-4-2)12-6-5-11-21(24,25)22(26,27)23(28,29)30/h7-10,18H,3-6,11-15H2,1-2H3,(H,32,33). The fourth-order valence-corrected chi connectivity index (χ4v) is 3.15. The molecular formula is C23H30F7NO6. The molecule has 1 rings (SSSR count). The van der Waals surface area contributed by atoms with Gasteiger partial charge in [-0.1, -0.05) is 12.1 Å². The molecule has 0 fully saturated rings. The van der Waals surface area contributed by atoms with Crippen LogP contribution in [0.4, 0.5) is 35.5 Å². The molecule has 0 aromatic heterocycles.